The Kier molecular flexibility index (Phi) is 7.37. The normalized spacial score (nSPS) is 19.0. The lowest BCUT2D eigenvalue weighted by Crippen LogP contribution is -2.49. The Morgan fingerprint density at radius 1 is 1.04 bits per heavy atom. The van der Waals surface area contributed by atoms with E-state index < -0.39 is 0 Å². The maximum absolute atomic E-state index is 11.7. The van der Waals surface area contributed by atoms with Crippen molar-refractivity contribution in [1.29, 1.82) is 0 Å². The molecule has 0 saturated carbocycles. The van der Waals surface area contributed by atoms with Crippen LogP contribution in [0.25, 0.3) is 0 Å². The standard InChI is InChI=1S/C11H21NO.C9H18N4/c1-8(2)10-6-5-7-11(13)12(10)9(3)4;1-8(2,3)7-10-11-12-13(7)9(4,5)6/h8-10H,5-7H2,1-4H3;1-6H3. The van der Waals surface area contributed by atoms with Crippen molar-refractivity contribution in [2.45, 2.75) is 112 Å². The second-order valence-electron chi connectivity index (χ2n) is 9.93. The summed E-state index contributed by atoms with van der Waals surface area (Å²) in [4.78, 5) is 13.8. The first-order valence-corrected chi connectivity index (χ1v) is 9.87. The molecule has 6 nitrogen and oxygen atoms in total. The number of piperidine rings is 1. The van der Waals surface area contributed by atoms with E-state index in [1.54, 1.807) is 0 Å². The van der Waals surface area contributed by atoms with Crippen LogP contribution in [0.3, 0.4) is 0 Å². The van der Waals surface area contributed by atoms with Gasteiger partial charge in [0.15, 0.2) is 5.82 Å². The minimum absolute atomic E-state index is 0.00319. The summed E-state index contributed by atoms with van der Waals surface area (Å²) >= 11 is 0. The predicted molar refractivity (Wildman–Crippen MR) is 106 cm³/mol. The average molecular weight is 366 g/mol. The predicted octanol–water partition coefficient (Wildman–Crippen LogP) is 4.16. The Labute approximate surface area is 159 Å². The molecular weight excluding hydrogens is 326 g/mol. The molecule has 0 radical (unpaired) electrons. The van der Waals surface area contributed by atoms with Crippen molar-refractivity contribution >= 4 is 5.91 Å². The van der Waals surface area contributed by atoms with Crippen molar-refractivity contribution in [3.05, 3.63) is 5.82 Å². The molecule has 150 valence electrons. The second kappa shape index (κ2) is 8.49. The molecule has 0 bridgehead atoms. The number of hydrogen-bond acceptors (Lipinski definition) is 4. The van der Waals surface area contributed by atoms with E-state index in [-0.39, 0.29) is 11.0 Å². The highest BCUT2D eigenvalue weighted by atomic mass is 16.2. The van der Waals surface area contributed by atoms with Crippen LogP contribution in [0.15, 0.2) is 0 Å². The van der Waals surface area contributed by atoms with Gasteiger partial charge in [-0.2, -0.15) is 0 Å². The smallest absolute Gasteiger partial charge is 0.223 e. The fourth-order valence-electron chi connectivity index (χ4n) is 3.35. The van der Waals surface area contributed by atoms with Crippen LogP contribution >= 0.6 is 0 Å². The van der Waals surface area contributed by atoms with Crippen LogP contribution in [0.5, 0.6) is 0 Å². The molecule has 1 amide bonds. The summed E-state index contributed by atoms with van der Waals surface area (Å²) in [5.41, 5.74) is -0.0527. The summed E-state index contributed by atoms with van der Waals surface area (Å²) in [7, 11) is 0. The van der Waals surface area contributed by atoms with Crippen molar-refractivity contribution in [3.63, 3.8) is 0 Å². The maximum atomic E-state index is 11.7. The second-order valence-corrected chi connectivity index (χ2v) is 9.93. The minimum atomic E-state index is -0.0495. The van der Waals surface area contributed by atoms with Gasteiger partial charge < -0.3 is 4.90 Å². The van der Waals surface area contributed by atoms with Gasteiger partial charge in [0.1, 0.15) is 0 Å². The highest BCUT2D eigenvalue weighted by molar-refractivity contribution is 5.77. The Morgan fingerprint density at radius 3 is 1.96 bits per heavy atom. The van der Waals surface area contributed by atoms with E-state index in [9.17, 15) is 4.79 Å². The number of nitrogens with zero attached hydrogens (tertiary/aromatic N) is 5. The molecule has 26 heavy (non-hydrogen) atoms. The van der Waals surface area contributed by atoms with Gasteiger partial charge in [-0.1, -0.05) is 34.6 Å². The SMILES string of the molecule is CC(C)(C)c1nnnn1C(C)(C)C.CC(C)C1CCCC(=O)N1C(C)C. The van der Waals surface area contributed by atoms with Gasteiger partial charge in [0.25, 0.3) is 0 Å². The first-order chi connectivity index (χ1) is 11.8. The topological polar surface area (TPSA) is 63.9 Å². The quantitative estimate of drug-likeness (QED) is 0.789. The minimum Gasteiger partial charge on any atom is -0.337 e. The van der Waals surface area contributed by atoms with E-state index in [2.05, 4.69) is 89.7 Å². The monoisotopic (exact) mass is 365 g/mol. The van der Waals surface area contributed by atoms with E-state index >= 15 is 0 Å². The highest BCUT2D eigenvalue weighted by Gasteiger charge is 2.31. The van der Waals surface area contributed by atoms with Crippen molar-refractivity contribution < 1.29 is 4.79 Å². The van der Waals surface area contributed by atoms with Gasteiger partial charge in [0, 0.05) is 23.9 Å². The summed E-state index contributed by atoms with van der Waals surface area (Å²) in [5.74, 6) is 1.87. The van der Waals surface area contributed by atoms with Crippen molar-refractivity contribution in [3.8, 4) is 0 Å². The lowest BCUT2D eigenvalue weighted by molar-refractivity contribution is -0.139. The Bertz CT molecular complexity index is 549. The zero-order chi connectivity index (χ0) is 20.3. The summed E-state index contributed by atoms with van der Waals surface area (Å²) < 4.78 is 1.88. The molecule has 0 aliphatic carbocycles. The van der Waals surface area contributed by atoms with Crippen LogP contribution in [0, 0.1) is 5.92 Å². The number of hydrogen-bond donors (Lipinski definition) is 0. The Hall–Kier alpha value is -1.46. The van der Waals surface area contributed by atoms with Gasteiger partial charge in [0.2, 0.25) is 5.91 Å². The summed E-state index contributed by atoms with van der Waals surface area (Å²) in [5, 5.41) is 11.8. The van der Waals surface area contributed by atoms with Crippen LogP contribution in [-0.2, 0) is 15.7 Å². The number of tetrazole rings is 1. The zero-order valence-electron chi connectivity index (χ0n) is 18.5. The van der Waals surface area contributed by atoms with Crippen LogP contribution in [-0.4, -0.2) is 43.1 Å². The third kappa shape index (κ3) is 5.78. The van der Waals surface area contributed by atoms with Crippen LogP contribution in [0.1, 0.15) is 94.3 Å². The first-order valence-electron chi connectivity index (χ1n) is 9.87. The molecule has 1 aliphatic heterocycles. The van der Waals surface area contributed by atoms with Crippen LogP contribution < -0.4 is 0 Å². The van der Waals surface area contributed by atoms with Gasteiger partial charge in [-0.05, 0) is 63.8 Å². The van der Waals surface area contributed by atoms with Crippen molar-refractivity contribution in [1.82, 2.24) is 25.1 Å². The van der Waals surface area contributed by atoms with Gasteiger partial charge in [0.05, 0.1) is 5.54 Å². The third-order valence-corrected chi connectivity index (χ3v) is 4.64. The maximum Gasteiger partial charge on any atom is 0.223 e. The number of carbonyl (C=O) groups is 1. The molecular formula is C20H39N5O. The largest absolute Gasteiger partial charge is 0.337 e. The van der Waals surface area contributed by atoms with E-state index in [0.717, 1.165) is 18.7 Å². The molecule has 0 spiro atoms. The van der Waals surface area contributed by atoms with Gasteiger partial charge in [-0.15, -0.1) is 5.10 Å². The third-order valence-electron chi connectivity index (χ3n) is 4.64. The molecule has 1 aromatic heterocycles. The highest BCUT2D eigenvalue weighted by Crippen LogP contribution is 2.26. The summed E-state index contributed by atoms with van der Waals surface area (Å²) in [6.07, 6.45) is 3.01. The molecule has 0 aromatic carbocycles. The molecule has 2 rings (SSSR count). The van der Waals surface area contributed by atoms with Gasteiger partial charge in [-0.3, -0.25) is 4.79 Å². The van der Waals surface area contributed by atoms with Crippen LogP contribution in [0.4, 0.5) is 0 Å². The number of likely N-dealkylation sites (tertiary alicyclic amines) is 1. The molecule has 1 unspecified atom stereocenters. The Morgan fingerprint density at radius 2 is 1.62 bits per heavy atom. The van der Waals surface area contributed by atoms with Gasteiger partial charge >= 0.3 is 0 Å². The molecule has 1 atom stereocenters. The fourth-order valence-corrected chi connectivity index (χ4v) is 3.35. The number of carbonyl (C=O) groups excluding carboxylic acids is 1. The summed E-state index contributed by atoms with van der Waals surface area (Å²) in [6.45, 7) is 21.3. The molecule has 1 fully saturated rings. The Balaban J connectivity index is 0.000000260. The number of rotatable bonds is 2. The van der Waals surface area contributed by atoms with Gasteiger partial charge in [-0.25, -0.2) is 4.68 Å². The first kappa shape index (κ1) is 22.6. The van der Waals surface area contributed by atoms with Crippen molar-refractivity contribution in [2.75, 3.05) is 0 Å². The molecule has 2 heterocycles. The van der Waals surface area contributed by atoms with E-state index in [4.69, 9.17) is 0 Å². The van der Waals surface area contributed by atoms with E-state index in [0.29, 0.717) is 23.9 Å². The van der Waals surface area contributed by atoms with Crippen molar-refractivity contribution in [2.24, 2.45) is 5.92 Å². The van der Waals surface area contributed by atoms with E-state index in [1.165, 1.54) is 6.42 Å². The molecule has 1 aromatic rings. The molecule has 1 aliphatic rings. The fraction of sp³-hybridized carbons (Fsp3) is 0.900. The lowest BCUT2D eigenvalue weighted by Gasteiger charge is -2.41. The van der Waals surface area contributed by atoms with Crippen LogP contribution in [0.2, 0.25) is 0 Å². The molecule has 6 heteroatoms. The van der Waals surface area contributed by atoms with E-state index in [1.807, 2.05) is 4.68 Å². The zero-order valence-corrected chi connectivity index (χ0v) is 18.5. The molecule has 1 saturated heterocycles. The number of amides is 1. The average Bonchev–Trinajstić information content (AvgIpc) is 2.96. The number of aromatic nitrogens is 4. The summed E-state index contributed by atoms with van der Waals surface area (Å²) in [6, 6.07) is 0.835. The lowest BCUT2D eigenvalue weighted by atomic mass is 9.91. The molecule has 0 N–H and O–H groups in total.